The third kappa shape index (κ3) is 6.06. The van der Waals surface area contributed by atoms with Crippen LogP contribution in [0.15, 0.2) is 30.3 Å². The molecule has 2 rings (SSSR count). The summed E-state index contributed by atoms with van der Waals surface area (Å²) in [6.07, 6.45) is 1.23. The molecule has 0 radical (unpaired) electrons. The van der Waals surface area contributed by atoms with E-state index in [4.69, 9.17) is 9.47 Å². The first-order valence-corrected chi connectivity index (χ1v) is 8.78. The van der Waals surface area contributed by atoms with Crippen LogP contribution in [0.2, 0.25) is 0 Å². The van der Waals surface area contributed by atoms with E-state index in [9.17, 15) is 14.4 Å². The summed E-state index contributed by atoms with van der Waals surface area (Å²) < 4.78 is 10.6. The fourth-order valence-electron chi connectivity index (χ4n) is 2.61. The van der Waals surface area contributed by atoms with Gasteiger partial charge in [0, 0.05) is 6.54 Å². The van der Waals surface area contributed by atoms with Crippen LogP contribution in [-0.4, -0.2) is 47.6 Å². The van der Waals surface area contributed by atoms with Gasteiger partial charge in [0.1, 0.15) is 17.4 Å². The van der Waals surface area contributed by atoms with Crippen LogP contribution in [0.3, 0.4) is 0 Å². The Hall–Kier alpha value is -2.57. The van der Waals surface area contributed by atoms with E-state index in [0.29, 0.717) is 25.1 Å². The second-order valence-electron chi connectivity index (χ2n) is 7.18. The maximum Gasteiger partial charge on any atom is 0.408 e. The zero-order valence-corrected chi connectivity index (χ0v) is 15.5. The second-order valence-corrected chi connectivity index (χ2v) is 7.18. The molecule has 0 spiro atoms. The lowest BCUT2D eigenvalue weighted by molar-refractivity contribution is -0.147. The molecule has 0 saturated carbocycles. The van der Waals surface area contributed by atoms with E-state index >= 15 is 0 Å². The number of imide groups is 1. The van der Waals surface area contributed by atoms with Gasteiger partial charge in [-0.3, -0.25) is 14.5 Å². The van der Waals surface area contributed by atoms with Crippen LogP contribution < -0.4 is 10.1 Å². The topological polar surface area (TPSA) is 84.9 Å². The molecular formula is C19H26N2O5. The number of amides is 3. The van der Waals surface area contributed by atoms with E-state index in [1.165, 1.54) is 0 Å². The highest BCUT2D eigenvalue weighted by atomic mass is 16.6. The Bertz CT molecular complexity index is 639. The van der Waals surface area contributed by atoms with E-state index < -0.39 is 29.6 Å². The molecule has 1 aromatic rings. The molecule has 1 atom stereocenters. The van der Waals surface area contributed by atoms with Crippen LogP contribution in [0, 0.1) is 0 Å². The number of rotatable bonds is 4. The third-order valence-corrected chi connectivity index (χ3v) is 3.79. The Morgan fingerprint density at radius 1 is 1.19 bits per heavy atom. The predicted octanol–water partition coefficient (Wildman–Crippen LogP) is 2.50. The maximum absolute atomic E-state index is 12.7. The first kappa shape index (κ1) is 19.8. The van der Waals surface area contributed by atoms with Crippen molar-refractivity contribution >= 4 is 17.9 Å². The molecule has 1 fully saturated rings. The molecule has 1 heterocycles. The van der Waals surface area contributed by atoms with Gasteiger partial charge in [0.05, 0.1) is 0 Å². The average molecular weight is 362 g/mol. The molecule has 142 valence electrons. The summed E-state index contributed by atoms with van der Waals surface area (Å²) in [6, 6.07) is 8.16. The Labute approximate surface area is 153 Å². The van der Waals surface area contributed by atoms with E-state index in [2.05, 4.69) is 5.32 Å². The molecule has 0 bridgehead atoms. The largest absolute Gasteiger partial charge is 0.484 e. The Kier molecular flexibility index (Phi) is 6.60. The minimum Gasteiger partial charge on any atom is -0.484 e. The highest BCUT2D eigenvalue weighted by molar-refractivity contribution is 5.99. The molecule has 1 N–H and O–H groups in total. The van der Waals surface area contributed by atoms with Crippen LogP contribution in [-0.2, 0) is 14.3 Å². The van der Waals surface area contributed by atoms with Crippen molar-refractivity contribution in [3.8, 4) is 5.75 Å². The van der Waals surface area contributed by atoms with Gasteiger partial charge in [-0.05, 0) is 52.2 Å². The monoisotopic (exact) mass is 362 g/mol. The number of benzene rings is 1. The second kappa shape index (κ2) is 8.69. The summed E-state index contributed by atoms with van der Waals surface area (Å²) in [6.45, 7) is 5.34. The van der Waals surface area contributed by atoms with Crippen LogP contribution >= 0.6 is 0 Å². The number of carbonyl (C=O) groups excluding carboxylic acids is 3. The van der Waals surface area contributed by atoms with Gasteiger partial charge in [-0.2, -0.15) is 0 Å². The first-order chi connectivity index (χ1) is 12.3. The number of hydrogen-bond acceptors (Lipinski definition) is 5. The van der Waals surface area contributed by atoms with Crippen LogP contribution in [0.4, 0.5) is 4.79 Å². The highest BCUT2D eigenvalue weighted by Crippen LogP contribution is 2.15. The molecule has 1 saturated heterocycles. The van der Waals surface area contributed by atoms with E-state index in [1.807, 2.05) is 6.07 Å². The molecule has 7 heteroatoms. The summed E-state index contributed by atoms with van der Waals surface area (Å²) in [4.78, 5) is 38.2. The van der Waals surface area contributed by atoms with Crippen molar-refractivity contribution in [2.75, 3.05) is 13.2 Å². The van der Waals surface area contributed by atoms with Gasteiger partial charge >= 0.3 is 6.09 Å². The minimum absolute atomic E-state index is 0.227. The summed E-state index contributed by atoms with van der Waals surface area (Å²) in [7, 11) is 0. The van der Waals surface area contributed by atoms with Crippen molar-refractivity contribution in [3.63, 3.8) is 0 Å². The molecule has 1 aliphatic rings. The normalized spacial score (nSPS) is 18.0. The lowest BCUT2D eigenvalue weighted by Crippen LogP contribution is -2.51. The molecule has 7 nitrogen and oxygen atoms in total. The Morgan fingerprint density at radius 2 is 1.88 bits per heavy atom. The molecular weight excluding hydrogens is 336 g/mol. The molecule has 0 aromatic heterocycles. The predicted molar refractivity (Wildman–Crippen MR) is 95.7 cm³/mol. The van der Waals surface area contributed by atoms with Gasteiger partial charge in [0.2, 0.25) is 0 Å². The minimum atomic E-state index is -0.770. The Balaban J connectivity index is 1.96. The van der Waals surface area contributed by atoms with Crippen LogP contribution in [0.1, 0.15) is 40.0 Å². The Morgan fingerprint density at radius 3 is 2.54 bits per heavy atom. The number of alkyl carbamates (subject to hydrolysis) is 1. The number of ether oxygens (including phenoxy) is 2. The lowest BCUT2D eigenvalue weighted by atomic mass is 10.1. The van der Waals surface area contributed by atoms with Crippen molar-refractivity contribution in [1.82, 2.24) is 10.2 Å². The number of para-hydroxylation sites is 1. The van der Waals surface area contributed by atoms with E-state index in [1.54, 1.807) is 45.0 Å². The molecule has 1 aromatic carbocycles. The highest BCUT2D eigenvalue weighted by Gasteiger charge is 2.33. The van der Waals surface area contributed by atoms with Crippen molar-refractivity contribution in [2.24, 2.45) is 0 Å². The van der Waals surface area contributed by atoms with Crippen LogP contribution in [0.25, 0.3) is 0 Å². The molecule has 3 amide bonds. The van der Waals surface area contributed by atoms with Crippen molar-refractivity contribution in [3.05, 3.63) is 30.3 Å². The molecule has 0 aliphatic carbocycles. The van der Waals surface area contributed by atoms with Gasteiger partial charge in [-0.15, -0.1) is 0 Å². The fraction of sp³-hybridized carbons (Fsp3) is 0.526. The number of carbonyl (C=O) groups is 3. The zero-order valence-electron chi connectivity index (χ0n) is 15.5. The maximum atomic E-state index is 12.7. The van der Waals surface area contributed by atoms with Crippen LogP contribution in [0.5, 0.6) is 5.75 Å². The SMILES string of the molecule is CC(C)(C)OC(=O)NC1CCCCN(C(=O)COc2ccccc2)C1=O. The van der Waals surface area contributed by atoms with Crippen molar-refractivity contribution in [2.45, 2.75) is 51.7 Å². The number of nitrogens with one attached hydrogen (secondary N) is 1. The first-order valence-electron chi connectivity index (χ1n) is 8.78. The van der Waals surface area contributed by atoms with E-state index in [-0.39, 0.29) is 6.61 Å². The van der Waals surface area contributed by atoms with Crippen molar-refractivity contribution < 1.29 is 23.9 Å². The summed E-state index contributed by atoms with van der Waals surface area (Å²) >= 11 is 0. The van der Waals surface area contributed by atoms with Gasteiger partial charge in [0.25, 0.3) is 11.8 Å². The quantitative estimate of drug-likeness (QED) is 0.889. The molecule has 1 aliphatic heterocycles. The summed E-state index contributed by atoms with van der Waals surface area (Å²) in [5.74, 6) is -0.279. The van der Waals surface area contributed by atoms with Gasteiger partial charge in [-0.25, -0.2) is 4.79 Å². The summed E-state index contributed by atoms with van der Waals surface area (Å²) in [5.41, 5.74) is -0.656. The zero-order chi connectivity index (χ0) is 19.2. The van der Waals surface area contributed by atoms with Gasteiger partial charge in [0.15, 0.2) is 6.61 Å². The third-order valence-electron chi connectivity index (χ3n) is 3.79. The fourth-order valence-corrected chi connectivity index (χ4v) is 2.61. The smallest absolute Gasteiger partial charge is 0.408 e. The lowest BCUT2D eigenvalue weighted by Gasteiger charge is -2.25. The standard InChI is InChI=1S/C19H26N2O5/c1-19(2,3)26-18(24)20-15-11-7-8-12-21(17(15)23)16(22)13-25-14-9-5-4-6-10-14/h4-6,9-10,15H,7-8,11-13H2,1-3H3,(H,20,24). The summed E-state index contributed by atoms with van der Waals surface area (Å²) in [5, 5.41) is 2.58. The van der Waals surface area contributed by atoms with Gasteiger partial charge < -0.3 is 14.8 Å². The van der Waals surface area contributed by atoms with Crippen molar-refractivity contribution in [1.29, 1.82) is 0 Å². The molecule has 1 unspecified atom stereocenters. The average Bonchev–Trinajstić information content (AvgIpc) is 2.74. The number of hydrogen-bond donors (Lipinski definition) is 1. The number of nitrogens with zero attached hydrogens (tertiary/aromatic N) is 1. The van der Waals surface area contributed by atoms with E-state index in [0.717, 1.165) is 11.3 Å². The molecule has 26 heavy (non-hydrogen) atoms. The van der Waals surface area contributed by atoms with Gasteiger partial charge in [-0.1, -0.05) is 18.2 Å². The number of likely N-dealkylation sites (tertiary alicyclic amines) is 1.